The van der Waals surface area contributed by atoms with E-state index in [1.807, 2.05) is 18.2 Å². The van der Waals surface area contributed by atoms with Crippen molar-refractivity contribution in [2.75, 3.05) is 17.7 Å². The van der Waals surface area contributed by atoms with Crippen LogP contribution in [0.5, 0.6) is 0 Å². The van der Waals surface area contributed by atoms with E-state index < -0.39 is 0 Å². The van der Waals surface area contributed by atoms with Gasteiger partial charge in [0, 0.05) is 17.7 Å². The van der Waals surface area contributed by atoms with Crippen LogP contribution >= 0.6 is 11.8 Å². The summed E-state index contributed by atoms with van der Waals surface area (Å²) in [7, 11) is 0. The molecule has 5 nitrogen and oxygen atoms in total. The van der Waals surface area contributed by atoms with Gasteiger partial charge in [0.25, 0.3) is 0 Å². The minimum absolute atomic E-state index is 0.0875. The maximum absolute atomic E-state index is 8.93. The number of rotatable bonds is 8. The first kappa shape index (κ1) is 14.9. The molecule has 0 bridgehead atoms. The van der Waals surface area contributed by atoms with Gasteiger partial charge in [-0.3, -0.25) is 0 Å². The lowest BCUT2D eigenvalue weighted by molar-refractivity contribution is 0.244. The van der Waals surface area contributed by atoms with Gasteiger partial charge < -0.3 is 19.9 Å². The van der Waals surface area contributed by atoms with Crippen molar-refractivity contribution >= 4 is 17.6 Å². The highest BCUT2D eigenvalue weighted by Crippen LogP contribution is 2.15. The molecule has 0 aromatic carbocycles. The van der Waals surface area contributed by atoms with Crippen LogP contribution in [0.1, 0.15) is 17.1 Å². The Bertz CT molecular complexity index is 531. The number of nitrogens with one attached hydrogen (secondary N) is 1. The second-order valence-corrected chi connectivity index (χ2v) is 5.31. The molecule has 0 aliphatic carbocycles. The molecular formula is C14H18N2O3S. The van der Waals surface area contributed by atoms with Gasteiger partial charge in [-0.15, -0.1) is 0 Å². The molecule has 0 aliphatic rings. The monoisotopic (exact) mass is 294 g/mol. The Morgan fingerprint density at radius 2 is 2.05 bits per heavy atom. The molecule has 0 spiro atoms. The van der Waals surface area contributed by atoms with E-state index in [1.54, 1.807) is 24.0 Å². The SMILES string of the molecule is OCCSCc1ccnc(NCc2ccc(CO)o2)c1. The van der Waals surface area contributed by atoms with Gasteiger partial charge in [-0.1, -0.05) is 0 Å². The van der Waals surface area contributed by atoms with Crippen LogP contribution in [0.25, 0.3) is 0 Å². The lowest BCUT2D eigenvalue weighted by Gasteiger charge is -2.06. The summed E-state index contributed by atoms with van der Waals surface area (Å²) in [5.74, 6) is 3.70. The Kier molecular flexibility index (Phi) is 5.91. The predicted molar refractivity (Wildman–Crippen MR) is 79.4 cm³/mol. The number of nitrogens with zero attached hydrogens (tertiary/aromatic N) is 1. The summed E-state index contributed by atoms with van der Waals surface area (Å²) < 4.78 is 5.39. The molecule has 20 heavy (non-hydrogen) atoms. The first-order valence-corrected chi connectivity index (χ1v) is 7.53. The van der Waals surface area contributed by atoms with Gasteiger partial charge in [0.1, 0.15) is 23.9 Å². The van der Waals surface area contributed by atoms with Gasteiger partial charge in [0.15, 0.2) is 0 Å². The molecular weight excluding hydrogens is 276 g/mol. The number of hydrogen-bond acceptors (Lipinski definition) is 6. The number of thioether (sulfide) groups is 1. The molecule has 0 amide bonds. The molecule has 2 rings (SSSR count). The molecule has 0 saturated heterocycles. The molecule has 0 atom stereocenters. The summed E-state index contributed by atoms with van der Waals surface area (Å²) in [4.78, 5) is 4.25. The standard InChI is InChI=1S/C14H18N2O3S/c17-5-6-20-10-11-3-4-15-14(7-11)16-8-12-1-2-13(9-18)19-12/h1-4,7,17-18H,5-6,8-10H2,(H,15,16). The van der Waals surface area contributed by atoms with E-state index in [9.17, 15) is 0 Å². The molecule has 2 aromatic rings. The number of aromatic nitrogens is 1. The van der Waals surface area contributed by atoms with Gasteiger partial charge in [0.2, 0.25) is 0 Å². The normalized spacial score (nSPS) is 10.7. The van der Waals surface area contributed by atoms with Gasteiger partial charge in [-0.2, -0.15) is 11.8 Å². The molecule has 0 aliphatic heterocycles. The Morgan fingerprint density at radius 3 is 2.80 bits per heavy atom. The average Bonchev–Trinajstić information content (AvgIpc) is 2.94. The smallest absolute Gasteiger partial charge is 0.129 e. The third-order valence-corrected chi connectivity index (χ3v) is 3.65. The zero-order valence-electron chi connectivity index (χ0n) is 11.1. The molecule has 108 valence electrons. The first-order valence-electron chi connectivity index (χ1n) is 6.37. The van der Waals surface area contributed by atoms with Crippen LogP contribution < -0.4 is 5.32 Å². The van der Waals surface area contributed by atoms with Crippen LogP contribution in [0, 0.1) is 0 Å². The van der Waals surface area contributed by atoms with E-state index in [0.717, 1.165) is 28.6 Å². The van der Waals surface area contributed by atoms with E-state index in [4.69, 9.17) is 14.6 Å². The van der Waals surface area contributed by atoms with Gasteiger partial charge in [0.05, 0.1) is 13.2 Å². The molecule has 2 heterocycles. The maximum atomic E-state index is 8.93. The van der Waals surface area contributed by atoms with Crippen LogP contribution in [0.2, 0.25) is 0 Å². The number of pyridine rings is 1. The van der Waals surface area contributed by atoms with Crippen LogP contribution in [-0.2, 0) is 18.9 Å². The lowest BCUT2D eigenvalue weighted by atomic mass is 10.3. The second-order valence-electron chi connectivity index (χ2n) is 4.21. The fraction of sp³-hybridized carbons (Fsp3) is 0.357. The van der Waals surface area contributed by atoms with E-state index in [0.29, 0.717) is 12.3 Å². The van der Waals surface area contributed by atoms with E-state index in [2.05, 4.69) is 10.3 Å². The summed E-state index contributed by atoms with van der Waals surface area (Å²) in [6, 6.07) is 7.54. The highest BCUT2D eigenvalue weighted by molar-refractivity contribution is 7.98. The summed E-state index contributed by atoms with van der Waals surface area (Å²) in [5, 5.41) is 20.9. The number of aliphatic hydroxyl groups excluding tert-OH is 2. The molecule has 0 saturated carbocycles. The van der Waals surface area contributed by atoms with Crippen molar-refractivity contribution in [3.63, 3.8) is 0 Å². The van der Waals surface area contributed by atoms with Gasteiger partial charge in [-0.25, -0.2) is 4.98 Å². The van der Waals surface area contributed by atoms with Crippen molar-refractivity contribution < 1.29 is 14.6 Å². The molecule has 6 heteroatoms. The van der Waals surface area contributed by atoms with Crippen molar-refractivity contribution in [3.8, 4) is 0 Å². The van der Waals surface area contributed by atoms with Gasteiger partial charge in [-0.05, 0) is 29.8 Å². The lowest BCUT2D eigenvalue weighted by Crippen LogP contribution is -2.01. The van der Waals surface area contributed by atoms with Crippen LogP contribution in [0.15, 0.2) is 34.9 Å². The Morgan fingerprint density at radius 1 is 1.20 bits per heavy atom. The third-order valence-electron chi connectivity index (χ3n) is 2.65. The van der Waals surface area contributed by atoms with Crippen molar-refractivity contribution in [3.05, 3.63) is 47.5 Å². The minimum Gasteiger partial charge on any atom is -0.462 e. The zero-order chi connectivity index (χ0) is 14.2. The summed E-state index contributed by atoms with van der Waals surface area (Å²) in [6.45, 7) is 0.641. The van der Waals surface area contributed by atoms with Crippen LogP contribution in [0.3, 0.4) is 0 Å². The molecule has 3 N–H and O–H groups in total. The fourth-order valence-corrected chi connectivity index (χ4v) is 2.38. The minimum atomic E-state index is -0.0875. The predicted octanol–water partition coefficient (Wildman–Crippen LogP) is 2.00. The second kappa shape index (κ2) is 7.94. The Labute approximate surface area is 122 Å². The number of anilines is 1. The largest absolute Gasteiger partial charge is 0.462 e. The summed E-state index contributed by atoms with van der Waals surface area (Å²) in [6.07, 6.45) is 1.76. The van der Waals surface area contributed by atoms with E-state index >= 15 is 0 Å². The number of furan rings is 1. The van der Waals surface area contributed by atoms with Crippen molar-refractivity contribution in [2.45, 2.75) is 18.9 Å². The summed E-state index contributed by atoms with van der Waals surface area (Å²) >= 11 is 1.68. The first-order chi connectivity index (χ1) is 9.81. The van der Waals surface area contributed by atoms with Crippen LogP contribution in [-0.4, -0.2) is 27.6 Å². The summed E-state index contributed by atoms with van der Waals surface area (Å²) in [5.41, 5.74) is 1.16. The quantitative estimate of drug-likeness (QED) is 0.646. The molecule has 0 radical (unpaired) electrons. The van der Waals surface area contributed by atoms with Crippen molar-refractivity contribution in [1.82, 2.24) is 4.98 Å². The number of hydrogen-bond donors (Lipinski definition) is 3. The number of aliphatic hydroxyl groups is 2. The maximum Gasteiger partial charge on any atom is 0.129 e. The van der Waals surface area contributed by atoms with Crippen LogP contribution in [0.4, 0.5) is 5.82 Å². The molecule has 0 unspecified atom stereocenters. The Hall–Kier alpha value is -1.50. The molecule has 2 aromatic heterocycles. The topological polar surface area (TPSA) is 78.5 Å². The van der Waals surface area contributed by atoms with E-state index in [-0.39, 0.29) is 13.2 Å². The highest BCUT2D eigenvalue weighted by Gasteiger charge is 2.02. The van der Waals surface area contributed by atoms with Gasteiger partial charge >= 0.3 is 0 Å². The fourth-order valence-electron chi connectivity index (χ4n) is 1.70. The Balaban J connectivity index is 1.87. The average molecular weight is 294 g/mol. The third kappa shape index (κ3) is 4.56. The van der Waals surface area contributed by atoms with Crippen molar-refractivity contribution in [2.24, 2.45) is 0 Å². The zero-order valence-corrected chi connectivity index (χ0v) is 11.9. The van der Waals surface area contributed by atoms with E-state index in [1.165, 1.54) is 0 Å². The highest BCUT2D eigenvalue weighted by atomic mass is 32.2. The van der Waals surface area contributed by atoms with Crippen molar-refractivity contribution in [1.29, 1.82) is 0 Å². The molecule has 0 fully saturated rings.